The van der Waals surface area contributed by atoms with Crippen molar-refractivity contribution in [2.75, 3.05) is 0 Å². The van der Waals surface area contributed by atoms with Crippen LogP contribution in [0.2, 0.25) is 0 Å². The van der Waals surface area contributed by atoms with E-state index in [4.69, 9.17) is 0 Å². The molecule has 3 atom stereocenters. The van der Waals surface area contributed by atoms with Crippen LogP contribution < -0.4 is 0 Å². The van der Waals surface area contributed by atoms with Crippen molar-refractivity contribution < 1.29 is 14.7 Å². The normalized spacial score (nSPS) is 25.0. The van der Waals surface area contributed by atoms with Crippen molar-refractivity contribution in [1.82, 2.24) is 0 Å². The number of ketones is 1. The molecule has 0 spiro atoms. The quantitative estimate of drug-likeness (QED) is 0.840. The van der Waals surface area contributed by atoms with Crippen LogP contribution in [0.3, 0.4) is 0 Å². The fourth-order valence-corrected chi connectivity index (χ4v) is 3.44. The summed E-state index contributed by atoms with van der Waals surface area (Å²) in [7, 11) is 0. The van der Waals surface area contributed by atoms with Gasteiger partial charge in [0.05, 0.1) is 5.92 Å². The fourth-order valence-electron chi connectivity index (χ4n) is 3.44. The number of hydrogen-bond donors (Lipinski definition) is 1. The highest BCUT2D eigenvalue weighted by Crippen LogP contribution is 2.39. The Kier molecular flexibility index (Phi) is 4.81. The molecular weight excluding hydrogens is 264 g/mol. The Bertz CT molecular complexity index is 547. The average Bonchev–Trinajstić information content (AvgIpc) is 2.88. The summed E-state index contributed by atoms with van der Waals surface area (Å²) >= 11 is 0. The van der Waals surface area contributed by atoms with Crippen LogP contribution in [-0.2, 0) is 17.6 Å². The number of Topliss-reactive ketones (excluding diaryl/α,β-unsaturated/α-hetero) is 1. The van der Waals surface area contributed by atoms with Gasteiger partial charge in [-0.1, -0.05) is 32.9 Å². The van der Waals surface area contributed by atoms with Crippen LogP contribution >= 0.6 is 0 Å². The topological polar surface area (TPSA) is 54.4 Å². The summed E-state index contributed by atoms with van der Waals surface area (Å²) in [5, 5.41) is 9.37. The minimum absolute atomic E-state index is 0.0268. The van der Waals surface area contributed by atoms with E-state index in [1.165, 1.54) is 0 Å². The molecule has 0 heterocycles. The smallest absolute Gasteiger partial charge is 0.307 e. The summed E-state index contributed by atoms with van der Waals surface area (Å²) in [6.45, 7) is 6.13. The van der Waals surface area contributed by atoms with Gasteiger partial charge < -0.3 is 5.11 Å². The van der Waals surface area contributed by atoms with Crippen LogP contribution in [0.4, 0.5) is 0 Å². The molecule has 3 unspecified atom stereocenters. The third kappa shape index (κ3) is 3.17. The van der Waals surface area contributed by atoms with E-state index in [0.717, 1.165) is 29.5 Å². The lowest BCUT2D eigenvalue weighted by atomic mass is 9.85. The highest BCUT2D eigenvalue weighted by Gasteiger charge is 2.41. The van der Waals surface area contributed by atoms with Gasteiger partial charge in [-0.05, 0) is 48.8 Å². The van der Waals surface area contributed by atoms with Crippen LogP contribution in [0, 0.1) is 17.8 Å². The molecule has 1 aliphatic carbocycles. The number of rotatable bonds is 5. The lowest BCUT2D eigenvalue weighted by Crippen LogP contribution is -2.26. The molecule has 21 heavy (non-hydrogen) atoms. The van der Waals surface area contributed by atoms with E-state index in [2.05, 4.69) is 13.0 Å². The number of carbonyl (C=O) groups is 2. The number of carboxylic acid groups (broad SMARTS) is 1. The highest BCUT2D eigenvalue weighted by atomic mass is 16.4. The van der Waals surface area contributed by atoms with Crippen LogP contribution in [0.25, 0.3) is 0 Å². The SMILES string of the molecule is CCc1ccc(CC)c(C(=O)C2CC(C)CC2C(=O)O)c1. The van der Waals surface area contributed by atoms with Gasteiger partial charge in [0.25, 0.3) is 0 Å². The lowest BCUT2D eigenvalue weighted by Gasteiger charge is -2.17. The Balaban J connectivity index is 2.36. The zero-order valence-electron chi connectivity index (χ0n) is 13.1. The molecule has 1 saturated carbocycles. The van der Waals surface area contributed by atoms with Gasteiger partial charge in [0.15, 0.2) is 5.78 Å². The first-order valence-electron chi connectivity index (χ1n) is 7.86. The molecule has 1 N–H and O–H groups in total. The molecule has 3 heteroatoms. The maximum atomic E-state index is 12.9. The van der Waals surface area contributed by atoms with Crippen molar-refractivity contribution in [1.29, 1.82) is 0 Å². The average molecular weight is 288 g/mol. The molecule has 1 fully saturated rings. The van der Waals surface area contributed by atoms with Gasteiger partial charge >= 0.3 is 5.97 Å². The van der Waals surface area contributed by atoms with Crippen LogP contribution in [0.1, 0.15) is 55.1 Å². The van der Waals surface area contributed by atoms with E-state index in [0.29, 0.717) is 18.8 Å². The molecule has 0 radical (unpaired) electrons. The predicted molar refractivity (Wildman–Crippen MR) is 82.5 cm³/mol. The third-order valence-electron chi connectivity index (χ3n) is 4.68. The van der Waals surface area contributed by atoms with Gasteiger partial charge in [-0.3, -0.25) is 9.59 Å². The van der Waals surface area contributed by atoms with E-state index in [1.807, 2.05) is 26.0 Å². The Morgan fingerprint density at radius 1 is 1.14 bits per heavy atom. The van der Waals surface area contributed by atoms with Gasteiger partial charge in [-0.2, -0.15) is 0 Å². The second-order valence-corrected chi connectivity index (χ2v) is 6.19. The molecule has 0 saturated heterocycles. The first-order valence-corrected chi connectivity index (χ1v) is 7.86. The van der Waals surface area contributed by atoms with E-state index < -0.39 is 11.9 Å². The number of carbonyl (C=O) groups excluding carboxylic acids is 1. The maximum Gasteiger partial charge on any atom is 0.307 e. The third-order valence-corrected chi connectivity index (χ3v) is 4.68. The van der Waals surface area contributed by atoms with Crippen LogP contribution in [-0.4, -0.2) is 16.9 Å². The van der Waals surface area contributed by atoms with E-state index in [9.17, 15) is 14.7 Å². The second-order valence-electron chi connectivity index (χ2n) is 6.19. The van der Waals surface area contributed by atoms with Crippen molar-refractivity contribution >= 4 is 11.8 Å². The number of hydrogen-bond acceptors (Lipinski definition) is 2. The molecule has 3 nitrogen and oxygen atoms in total. The largest absolute Gasteiger partial charge is 0.481 e. The fraction of sp³-hybridized carbons (Fsp3) is 0.556. The number of benzene rings is 1. The Morgan fingerprint density at radius 3 is 2.38 bits per heavy atom. The minimum Gasteiger partial charge on any atom is -0.481 e. The summed E-state index contributed by atoms with van der Waals surface area (Å²) in [6, 6.07) is 6.03. The molecule has 2 rings (SSSR count). The number of aliphatic carboxylic acids is 1. The van der Waals surface area contributed by atoms with Gasteiger partial charge in [-0.15, -0.1) is 0 Å². The zero-order valence-corrected chi connectivity index (χ0v) is 13.1. The number of aryl methyl sites for hydroxylation is 2. The molecule has 0 amide bonds. The van der Waals surface area contributed by atoms with Gasteiger partial charge in [0.1, 0.15) is 0 Å². The van der Waals surface area contributed by atoms with E-state index in [1.54, 1.807) is 0 Å². The number of carboxylic acids is 1. The Hall–Kier alpha value is -1.64. The first kappa shape index (κ1) is 15.7. The predicted octanol–water partition coefficient (Wildman–Crippen LogP) is 3.74. The maximum absolute atomic E-state index is 12.9. The highest BCUT2D eigenvalue weighted by molar-refractivity contribution is 6.01. The summed E-state index contributed by atoms with van der Waals surface area (Å²) in [4.78, 5) is 24.3. The minimum atomic E-state index is -0.831. The summed E-state index contributed by atoms with van der Waals surface area (Å²) in [5.74, 6) is -1.39. The molecule has 1 aliphatic rings. The molecule has 0 aromatic heterocycles. The van der Waals surface area contributed by atoms with E-state index in [-0.39, 0.29) is 11.7 Å². The monoisotopic (exact) mass is 288 g/mol. The first-order chi connectivity index (χ1) is 9.97. The van der Waals surface area contributed by atoms with Crippen molar-refractivity contribution in [3.63, 3.8) is 0 Å². The van der Waals surface area contributed by atoms with Crippen molar-refractivity contribution in [3.05, 3.63) is 34.9 Å². The Morgan fingerprint density at radius 2 is 1.81 bits per heavy atom. The van der Waals surface area contributed by atoms with Crippen LogP contribution in [0.15, 0.2) is 18.2 Å². The standard InChI is InChI=1S/C18H24O3/c1-4-12-6-7-13(5-2)14(10-12)17(19)15-8-11(3)9-16(15)18(20)21/h6-7,10-11,15-16H,4-5,8-9H2,1-3H3,(H,20,21). The molecule has 0 bridgehead atoms. The molecule has 1 aromatic carbocycles. The van der Waals surface area contributed by atoms with Gasteiger partial charge in [0, 0.05) is 11.5 Å². The summed E-state index contributed by atoms with van der Waals surface area (Å²) < 4.78 is 0. The molecule has 0 aliphatic heterocycles. The zero-order chi connectivity index (χ0) is 15.6. The van der Waals surface area contributed by atoms with Crippen LogP contribution in [0.5, 0.6) is 0 Å². The van der Waals surface area contributed by atoms with Crippen molar-refractivity contribution in [3.8, 4) is 0 Å². The molecule has 1 aromatic rings. The summed E-state index contributed by atoms with van der Waals surface area (Å²) in [5.41, 5.74) is 2.90. The molecule has 114 valence electrons. The van der Waals surface area contributed by atoms with Gasteiger partial charge in [0.2, 0.25) is 0 Å². The second kappa shape index (κ2) is 6.42. The van der Waals surface area contributed by atoms with Crippen molar-refractivity contribution in [2.45, 2.75) is 46.5 Å². The summed E-state index contributed by atoms with van der Waals surface area (Å²) in [6.07, 6.45) is 2.98. The lowest BCUT2D eigenvalue weighted by molar-refractivity contribution is -0.142. The van der Waals surface area contributed by atoms with Crippen molar-refractivity contribution in [2.24, 2.45) is 17.8 Å². The molecular formula is C18H24O3. The Labute approximate surface area is 126 Å². The van der Waals surface area contributed by atoms with Gasteiger partial charge in [-0.25, -0.2) is 0 Å². The van der Waals surface area contributed by atoms with E-state index >= 15 is 0 Å².